The molecule has 0 spiro atoms. The molecule has 0 saturated heterocycles. The van der Waals surface area contributed by atoms with Crippen molar-refractivity contribution in [3.8, 4) is 0 Å². The largest absolute Gasteiger partial charge is 0.481 e. The number of carbonyl (C=O) groups excluding carboxylic acids is 1. The Bertz CT molecular complexity index is 712. The van der Waals surface area contributed by atoms with E-state index < -0.39 is 11.9 Å². The van der Waals surface area contributed by atoms with Gasteiger partial charge in [-0.1, -0.05) is 36.2 Å². The molecule has 2 N–H and O–H groups in total. The number of carboxylic acid groups (broad SMARTS) is 1. The molecule has 1 aromatic heterocycles. The highest BCUT2D eigenvalue weighted by Gasteiger charge is 2.34. The summed E-state index contributed by atoms with van der Waals surface area (Å²) in [6.45, 7) is 0. The minimum Gasteiger partial charge on any atom is -0.481 e. The van der Waals surface area contributed by atoms with Crippen LogP contribution < -0.4 is 5.32 Å². The first-order chi connectivity index (χ1) is 10.1. The normalized spacial score (nSPS) is 21.6. The summed E-state index contributed by atoms with van der Waals surface area (Å²) in [5.41, 5.74) is 0. The first-order valence-electron chi connectivity index (χ1n) is 6.78. The van der Waals surface area contributed by atoms with Gasteiger partial charge in [-0.05, 0) is 18.9 Å². The van der Waals surface area contributed by atoms with E-state index in [4.69, 9.17) is 16.7 Å². The summed E-state index contributed by atoms with van der Waals surface area (Å²) >= 11 is 7.60. The molecule has 21 heavy (non-hydrogen) atoms. The fourth-order valence-electron chi connectivity index (χ4n) is 2.82. The summed E-state index contributed by atoms with van der Waals surface area (Å²) in [6.07, 6.45) is 2.13. The molecule has 3 rings (SSSR count). The summed E-state index contributed by atoms with van der Waals surface area (Å²) in [5, 5.41) is 13.3. The van der Waals surface area contributed by atoms with E-state index in [9.17, 15) is 9.59 Å². The number of hydrogen-bond donors (Lipinski definition) is 2. The molecule has 1 aromatic carbocycles. The number of fused-ring (bicyclic) bond motifs is 1. The van der Waals surface area contributed by atoms with Gasteiger partial charge in [0, 0.05) is 16.1 Å². The molecule has 2 unspecified atom stereocenters. The van der Waals surface area contributed by atoms with Crippen LogP contribution in [0.3, 0.4) is 0 Å². The quantitative estimate of drug-likeness (QED) is 0.908. The lowest BCUT2D eigenvalue weighted by Crippen LogP contribution is -2.39. The summed E-state index contributed by atoms with van der Waals surface area (Å²) in [5.74, 6) is -1.62. The lowest BCUT2D eigenvalue weighted by molar-refractivity contribution is -0.142. The highest BCUT2D eigenvalue weighted by atomic mass is 35.5. The van der Waals surface area contributed by atoms with Gasteiger partial charge in [-0.15, -0.1) is 11.3 Å². The monoisotopic (exact) mass is 323 g/mol. The SMILES string of the molecule is O=C(NC1CCCC1C(=O)O)c1sc2ccccc2c1Cl. The van der Waals surface area contributed by atoms with Crippen LogP contribution in [0.1, 0.15) is 28.9 Å². The molecule has 4 nitrogen and oxygen atoms in total. The van der Waals surface area contributed by atoms with Crippen LogP contribution in [0, 0.1) is 5.92 Å². The Balaban J connectivity index is 1.84. The van der Waals surface area contributed by atoms with Crippen LogP contribution in [0.25, 0.3) is 10.1 Å². The van der Waals surface area contributed by atoms with Crippen LogP contribution in [-0.4, -0.2) is 23.0 Å². The molecular weight excluding hydrogens is 310 g/mol. The fraction of sp³-hybridized carbons (Fsp3) is 0.333. The maximum Gasteiger partial charge on any atom is 0.308 e. The van der Waals surface area contributed by atoms with Gasteiger partial charge in [0.15, 0.2) is 0 Å². The van der Waals surface area contributed by atoms with Crippen molar-refractivity contribution in [1.29, 1.82) is 0 Å². The van der Waals surface area contributed by atoms with Gasteiger partial charge in [0.1, 0.15) is 4.88 Å². The maximum absolute atomic E-state index is 12.4. The Morgan fingerprint density at radius 1 is 1.29 bits per heavy atom. The highest BCUT2D eigenvalue weighted by molar-refractivity contribution is 7.21. The van der Waals surface area contributed by atoms with Crippen molar-refractivity contribution in [2.75, 3.05) is 0 Å². The second-order valence-corrected chi connectivity index (χ2v) is 6.63. The number of nitrogens with one attached hydrogen (secondary N) is 1. The molecule has 0 radical (unpaired) electrons. The van der Waals surface area contributed by atoms with Gasteiger partial charge in [0.2, 0.25) is 0 Å². The molecule has 1 aliphatic rings. The third kappa shape index (κ3) is 2.63. The van der Waals surface area contributed by atoms with E-state index in [0.717, 1.165) is 16.5 Å². The molecule has 2 aromatic rings. The molecule has 6 heteroatoms. The molecular formula is C15H14ClNO3S. The zero-order chi connectivity index (χ0) is 15.0. The topological polar surface area (TPSA) is 66.4 Å². The number of amides is 1. The van der Waals surface area contributed by atoms with Crippen LogP contribution in [0.2, 0.25) is 5.02 Å². The van der Waals surface area contributed by atoms with Crippen molar-refractivity contribution in [2.24, 2.45) is 5.92 Å². The van der Waals surface area contributed by atoms with Crippen molar-refractivity contribution < 1.29 is 14.7 Å². The maximum atomic E-state index is 12.4. The predicted molar refractivity (Wildman–Crippen MR) is 83.1 cm³/mol. The first kappa shape index (κ1) is 14.4. The van der Waals surface area contributed by atoms with Crippen molar-refractivity contribution in [2.45, 2.75) is 25.3 Å². The van der Waals surface area contributed by atoms with E-state index in [-0.39, 0.29) is 11.9 Å². The second-order valence-electron chi connectivity index (χ2n) is 5.20. The van der Waals surface area contributed by atoms with Gasteiger partial charge >= 0.3 is 5.97 Å². The zero-order valence-corrected chi connectivity index (χ0v) is 12.7. The van der Waals surface area contributed by atoms with Crippen LogP contribution in [0.4, 0.5) is 0 Å². The molecule has 2 atom stereocenters. The Kier molecular flexibility index (Phi) is 3.87. The molecule has 1 amide bonds. The Hall–Kier alpha value is -1.59. The summed E-state index contributed by atoms with van der Waals surface area (Å²) in [4.78, 5) is 24.0. The number of aliphatic carboxylic acids is 1. The van der Waals surface area contributed by atoms with Gasteiger partial charge in [-0.3, -0.25) is 9.59 Å². The summed E-state index contributed by atoms with van der Waals surface area (Å²) in [6, 6.07) is 7.25. The molecule has 1 fully saturated rings. The van der Waals surface area contributed by atoms with Crippen molar-refractivity contribution >= 4 is 44.9 Å². The minimum absolute atomic E-state index is 0.278. The average Bonchev–Trinajstić information content (AvgIpc) is 3.04. The summed E-state index contributed by atoms with van der Waals surface area (Å²) < 4.78 is 0.953. The van der Waals surface area contributed by atoms with Crippen LogP contribution in [0.5, 0.6) is 0 Å². The summed E-state index contributed by atoms with van der Waals surface area (Å²) in [7, 11) is 0. The predicted octanol–water partition coefficient (Wildman–Crippen LogP) is 3.54. The van der Waals surface area contributed by atoms with Gasteiger partial charge in [-0.25, -0.2) is 0 Å². The van der Waals surface area contributed by atoms with E-state index >= 15 is 0 Å². The van der Waals surface area contributed by atoms with E-state index in [1.807, 2.05) is 24.3 Å². The van der Waals surface area contributed by atoms with E-state index in [0.29, 0.717) is 22.7 Å². The molecule has 110 valence electrons. The molecule has 0 bridgehead atoms. The third-order valence-electron chi connectivity index (χ3n) is 3.89. The molecule has 0 aliphatic heterocycles. The molecule has 1 saturated carbocycles. The van der Waals surface area contributed by atoms with Gasteiger partial charge in [-0.2, -0.15) is 0 Å². The van der Waals surface area contributed by atoms with Gasteiger partial charge < -0.3 is 10.4 Å². The van der Waals surface area contributed by atoms with Crippen LogP contribution >= 0.6 is 22.9 Å². The molecule has 1 aliphatic carbocycles. The number of thiophene rings is 1. The lowest BCUT2D eigenvalue weighted by Gasteiger charge is -2.17. The number of rotatable bonds is 3. The fourth-order valence-corrected chi connectivity index (χ4v) is 4.24. The average molecular weight is 324 g/mol. The van der Waals surface area contributed by atoms with E-state index in [1.165, 1.54) is 11.3 Å². The number of hydrogen-bond acceptors (Lipinski definition) is 3. The molecule has 1 heterocycles. The second kappa shape index (κ2) is 5.66. The number of halogens is 1. The van der Waals surface area contributed by atoms with Gasteiger partial charge in [0.05, 0.1) is 10.9 Å². The Morgan fingerprint density at radius 2 is 2.05 bits per heavy atom. The first-order valence-corrected chi connectivity index (χ1v) is 7.98. The zero-order valence-electron chi connectivity index (χ0n) is 11.1. The van der Waals surface area contributed by atoms with Crippen molar-refractivity contribution in [3.63, 3.8) is 0 Å². The Morgan fingerprint density at radius 3 is 2.76 bits per heavy atom. The number of carbonyl (C=O) groups is 2. The van der Waals surface area contributed by atoms with Crippen LogP contribution in [0.15, 0.2) is 24.3 Å². The smallest absolute Gasteiger partial charge is 0.308 e. The van der Waals surface area contributed by atoms with Crippen LogP contribution in [-0.2, 0) is 4.79 Å². The van der Waals surface area contributed by atoms with E-state index in [2.05, 4.69) is 5.32 Å². The lowest BCUT2D eigenvalue weighted by atomic mass is 10.0. The van der Waals surface area contributed by atoms with Crippen molar-refractivity contribution in [3.05, 3.63) is 34.2 Å². The van der Waals surface area contributed by atoms with E-state index in [1.54, 1.807) is 0 Å². The third-order valence-corrected chi connectivity index (χ3v) is 5.56. The van der Waals surface area contributed by atoms with Gasteiger partial charge in [0.25, 0.3) is 5.91 Å². The Labute approximate surface area is 130 Å². The van der Waals surface area contributed by atoms with Crippen molar-refractivity contribution in [1.82, 2.24) is 5.32 Å². The highest BCUT2D eigenvalue weighted by Crippen LogP contribution is 2.35. The number of benzene rings is 1. The standard InChI is InChI=1S/C15H14ClNO3S/c16-12-9-4-1-2-7-11(9)21-13(12)14(18)17-10-6-3-5-8(10)15(19)20/h1-2,4,7-8,10H,3,5-6H2,(H,17,18)(H,19,20). The number of carboxylic acids is 1. The minimum atomic E-state index is -0.847.